The first-order chi connectivity index (χ1) is 24.4. The fraction of sp³-hybridized carbons (Fsp3) is 0.727. The van der Waals surface area contributed by atoms with Gasteiger partial charge in [-0.25, -0.2) is 0 Å². The average Bonchev–Trinajstić information content (AvgIpc) is 3.04. The van der Waals surface area contributed by atoms with E-state index in [9.17, 15) is 53.4 Å². The van der Waals surface area contributed by atoms with Crippen LogP contribution >= 0.6 is 0 Å². The van der Waals surface area contributed by atoms with E-state index < -0.39 is 120 Å². The third-order valence-electron chi connectivity index (χ3n) is 8.31. The van der Waals surface area contributed by atoms with Gasteiger partial charge in [0.2, 0.25) is 47.3 Å². The largest absolute Gasteiger partial charge is 0.481 e. The minimum Gasteiger partial charge on any atom is -0.481 e. The van der Waals surface area contributed by atoms with Crippen LogP contribution in [0.25, 0.3) is 0 Å². The van der Waals surface area contributed by atoms with Gasteiger partial charge in [-0.1, -0.05) is 48.0 Å². The average molecular weight is 758 g/mol. The fourth-order valence-electron chi connectivity index (χ4n) is 4.82. The molecular formula is C33H59N9O11. The van der Waals surface area contributed by atoms with Crippen LogP contribution in [-0.2, 0) is 43.2 Å². The van der Waals surface area contributed by atoms with Crippen molar-refractivity contribution in [3.8, 4) is 0 Å². The van der Waals surface area contributed by atoms with Gasteiger partial charge < -0.3 is 59.3 Å². The number of nitrogens with two attached hydrogens (primary N) is 3. The lowest BCUT2D eigenvalue weighted by Gasteiger charge is -2.29. The van der Waals surface area contributed by atoms with Crippen molar-refractivity contribution in [2.75, 3.05) is 0 Å². The zero-order valence-corrected chi connectivity index (χ0v) is 31.7. The number of carbonyl (C=O) groups excluding carboxylic acids is 8. The van der Waals surface area contributed by atoms with Crippen LogP contribution in [0.2, 0.25) is 0 Å². The van der Waals surface area contributed by atoms with Gasteiger partial charge in [0.05, 0.1) is 12.5 Å². The number of amides is 8. The highest BCUT2D eigenvalue weighted by molar-refractivity contribution is 5.98. The molecule has 0 heterocycles. The Kier molecular flexibility index (Phi) is 20.8. The van der Waals surface area contributed by atoms with E-state index in [0.29, 0.717) is 6.42 Å². The number of rotatable bonds is 24. The zero-order valence-electron chi connectivity index (χ0n) is 31.7. The number of hydrogen-bond donors (Lipinski definition) is 11. The Labute approximate surface area is 309 Å². The summed E-state index contributed by atoms with van der Waals surface area (Å²) in [7, 11) is 0. The third kappa shape index (κ3) is 17.5. The van der Waals surface area contributed by atoms with Crippen molar-refractivity contribution in [1.82, 2.24) is 31.9 Å². The second-order valence-corrected chi connectivity index (χ2v) is 13.9. The van der Waals surface area contributed by atoms with E-state index >= 15 is 0 Å². The van der Waals surface area contributed by atoms with E-state index in [2.05, 4.69) is 31.9 Å². The number of aliphatic hydroxyl groups is 1. The number of aliphatic hydroxyl groups excluding tert-OH is 1. The molecule has 0 aromatic heterocycles. The number of primary amides is 2. The van der Waals surface area contributed by atoms with Crippen molar-refractivity contribution >= 4 is 53.2 Å². The smallest absolute Gasteiger partial charge is 0.305 e. The van der Waals surface area contributed by atoms with Crippen LogP contribution < -0.4 is 49.1 Å². The summed E-state index contributed by atoms with van der Waals surface area (Å²) < 4.78 is 0. The van der Waals surface area contributed by atoms with E-state index in [1.807, 2.05) is 0 Å². The van der Waals surface area contributed by atoms with Crippen molar-refractivity contribution in [2.45, 2.75) is 136 Å². The molecule has 0 spiro atoms. The summed E-state index contributed by atoms with van der Waals surface area (Å²) in [6, 6.07) is -9.28. The lowest BCUT2D eigenvalue weighted by molar-refractivity contribution is -0.141. The molecule has 0 fully saturated rings. The van der Waals surface area contributed by atoms with Gasteiger partial charge in [0, 0.05) is 6.42 Å². The summed E-state index contributed by atoms with van der Waals surface area (Å²) in [5, 5.41) is 33.6. The van der Waals surface area contributed by atoms with Crippen molar-refractivity contribution in [3.63, 3.8) is 0 Å². The Morgan fingerprint density at radius 3 is 1.57 bits per heavy atom. The number of aliphatic carboxylic acids is 1. The molecule has 0 radical (unpaired) electrons. The van der Waals surface area contributed by atoms with Gasteiger partial charge in [-0.2, -0.15) is 0 Å². The zero-order chi connectivity index (χ0) is 41.3. The molecule has 0 aliphatic carbocycles. The molecule has 9 atom stereocenters. The summed E-state index contributed by atoms with van der Waals surface area (Å²) in [6.07, 6.45) is -2.07. The molecule has 0 unspecified atom stereocenters. The molecule has 302 valence electrons. The molecule has 53 heavy (non-hydrogen) atoms. The summed E-state index contributed by atoms with van der Waals surface area (Å²) in [4.78, 5) is 113. The van der Waals surface area contributed by atoms with Crippen LogP contribution in [0.1, 0.15) is 87.5 Å². The maximum absolute atomic E-state index is 13.5. The van der Waals surface area contributed by atoms with Crippen LogP contribution in [0, 0.1) is 17.8 Å². The normalized spacial score (nSPS) is 16.3. The molecule has 0 rings (SSSR count). The molecular weight excluding hydrogens is 698 g/mol. The first kappa shape index (κ1) is 48.1. The van der Waals surface area contributed by atoms with Gasteiger partial charge >= 0.3 is 5.97 Å². The summed E-state index contributed by atoms with van der Waals surface area (Å²) >= 11 is 0. The minimum absolute atomic E-state index is 0.0436. The van der Waals surface area contributed by atoms with E-state index in [0.717, 1.165) is 0 Å². The van der Waals surface area contributed by atoms with Crippen LogP contribution in [-0.4, -0.2) is 112 Å². The van der Waals surface area contributed by atoms with Crippen LogP contribution in [0.15, 0.2) is 0 Å². The SMILES string of the molecule is CC[C@H](C)[C@H](NC(=O)[C@H](C)NC(=O)[C@@H](NC(=O)[C@H](CC(C)C)NC(=O)[C@H](CC(=O)O)NC(=O)[C@@H](N)[C@@H](C)O)C(C)C)C(=O)N[C@@H](CCC(N)=O)C(N)=O. The maximum atomic E-state index is 13.5. The standard InChI is InChI=1S/C33H59N9O11/c1-9-16(6)26(33(53)38-19(27(36)47)10-11-22(34)44)42-28(48)17(7)37-32(52)25(15(4)5)41-30(50)20(12-14(2)3)39-29(49)21(13-23(45)46)40-31(51)24(35)18(8)43/h14-21,24-26,43H,9-13,35H2,1-8H3,(H2,34,44)(H2,36,47)(H,37,52)(H,38,53)(H,39,49)(H,40,51)(H,41,50)(H,42,48)(H,45,46)/t16-,17-,18+,19-,20-,21-,24-,25-,26-/m0/s1. The Bertz CT molecular complexity index is 1330. The van der Waals surface area contributed by atoms with Gasteiger partial charge in [-0.05, 0) is 44.4 Å². The van der Waals surface area contributed by atoms with E-state index in [1.54, 1.807) is 41.5 Å². The van der Waals surface area contributed by atoms with Gasteiger partial charge in [-0.3, -0.25) is 43.2 Å². The number of carboxylic acids is 1. The van der Waals surface area contributed by atoms with Gasteiger partial charge in [0.15, 0.2) is 0 Å². The lowest BCUT2D eigenvalue weighted by Crippen LogP contribution is -2.61. The molecule has 0 saturated heterocycles. The second kappa shape index (κ2) is 22.9. The first-order valence-corrected chi connectivity index (χ1v) is 17.5. The van der Waals surface area contributed by atoms with Gasteiger partial charge in [0.1, 0.15) is 42.3 Å². The van der Waals surface area contributed by atoms with Crippen LogP contribution in [0.3, 0.4) is 0 Å². The van der Waals surface area contributed by atoms with E-state index in [4.69, 9.17) is 17.2 Å². The molecule has 0 bridgehead atoms. The van der Waals surface area contributed by atoms with Crippen molar-refractivity contribution in [2.24, 2.45) is 35.0 Å². The minimum atomic E-state index is -1.66. The van der Waals surface area contributed by atoms with Crippen LogP contribution in [0.4, 0.5) is 0 Å². The van der Waals surface area contributed by atoms with E-state index in [-0.39, 0.29) is 25.2 Å². The lowest BCUT2D eigenvalue weighted by atomic mass is 9.97. The van der Waals surface area contributed by atoms with Crippen molar-refractivity contribution < 1.29 is 53.4 Å². The fourth-order valence-corrected chi connectivity index (χ4v) is 4.82. The highest BCUT2D eigenvalue weighted by Crippen LogP contribution is 2.12. The molecule has 0 aromatic rings. The van der Waals surface area contributed by atoms with Gasteiger partial charge in [-0.15, -0.1) is 0 Å². The maximum Gasteiger partial charge on any atom is 0.305 e. The molecule has 14 N–H and O–H groups in total. The van der Waals surface area contributed by atoms with Crippen LogP contribution in [0.5, 0.6) is 0 Å². The summed E-state index contributed by atoms with van der Waals surface area (Å²) in [6.45, 7) is 12.8. The number of hydrogen-bond acceptors (Lipinski definition) is 11. The Balaban J connectivity index is 5.95. The summed E-state index contributed by atoms with van der Waals surface area (Å²) in [5.74, 6) is -9.36. The van der Waals surface area contributed by atoms with Crippen molar-refractivity contribution in [1.29, 1.82) is 0 Å². The predicted octanol–water partition coefficient (Wildman–Crippen LogP) is -3.40. The molecule has 0 aromatic carbocycles. The summed E-state index contributed by atoms with van der Waals surface area (Å²) in [5.41, 5.74) is 16.1. The molecule has 0 aliphatic heterocycles. The Morgan fingerprint density at radius 2 is 1.11 bits per heavy atom. The molecule has 8 amide bonds. The highest BCUT2D eigenvalue weighted by atomic mass is 16.4. The molecule has 20 nitrogen and oxygen atoms in total. The van der Waals surface area contributed by atoms with Crippen molar-refractivity contribution in [3.05, 3.63) is 0 Å². The Morgan fingerprint density at radius 1 is 0.623 bits per heavy atom. The monoisotopic (exact) mass is 757 g/mol. The number of carboxylic acid groups (broad SMARTS) is 1. The van der Waals surface area contributed by atoms with E-state index in [1.165, 1.54) is 13.8 Å². The second-order valence-electron chi connectivity index (χ2n) is 13.9. The molecule has 0 saturated carbocycles. The first-order valence-electron chi connectivity index (χ1n) is 17.5. The predicted molar refractivity (Wildman–Crippen MR) is 191 cm³/mol. The molecule has 0 aliphatic rings. The molecule has 20 heteroatoms. The third-order valence-corrected chi connectivity index (χ3v) is 8.31. The number of nitrogens with one attached hydrogen (secondary N) is 6. The number of carbonyl (C=O) groups is 9. The van der Waals surface area contributed by atoms with Gasteiger partial charge in [0.25, 0.3) is 0 Å². The highest BCUT2D eigenvalue weighted by Gasteiger charge is 2.35. The topological polar surface area (TPSA) is 344 Å². The Hall–Kier alpha value is -4.85. The quantitative estimate of drug-likeness (QED) is 0.0459.